The predicted molar refractivity (Wildman–Crippen MR) is 75.2 cm³/mol. The Hall–Kier alpha value is -1.18. The van der Waals surface area contributed by atoms with Gasteiger partial charge in [-0.15, -0.1) is 0 Å². The van der Waals surface area contributed by atoms with Crippen molar-refractivity contribution >= 4 is 27.3 Å². The quantitative estimate of drug-likeness (QED) is 0.682. The maximum atomic E-state index is 12.2. The van der Waals surface area contributed by atoms with E-state index in [4.69, 9.17) is 11.6 Å². The summed E-state index contributed by atoms with van der Waals surface area (Å²) in [7, 11) is -3.76. The van der Waals surface area contributed by atoms with Crippen LogP contribution in [0.4, 0.5) is 5.69 Å². The van der Waals surface area contributed by atoms with Crippen LogP contribution in [0.25, 0.3) is 0 Å². The van der Waals surface area contributed by atoms with Crippen molar-refractivity contribution in [3.8, 4) is 0 Å². The fourth-order valence-corrected chi connectivity index (χ4v) is 3.97. The van der Waals surface area contributed by atoms with Gasteiger partial charge in [-0.2, -0.15) is 0 Å². The van der Waals surface area contributed by atoms with E-state index in [-0.39, 0.29) is 21.9 Å². The Kier molecular flexibility index (Phi) is 4.31. The molecule has 2 atom stereocenters. The molecule has 0 heterocycles. The lowest BCUT2D eigenvalue weighted by Gasteiger charge is -2.17. The van der Waals surface area contributed by atoms with E-state index in [9.17, 15) is 18.5 Å². The second kappa shape index (κ2) is 5.67. The van der Waals surface area contributed by atoms with Gasteiger partial charge >= 0.3 is 0 Å². The number of nitro benzene ring substituents is 1. The molecule has 0 bridgehead atoms. The van der Waals surface area contributed by atoms with Crippen molar-refractivity contribution in [1.29, 1.82) is 0 Å². The van der Waals surface area contributed by atoms with Crippen LogP contribution in [-0.2, 0) is 10.0 Å². The fraction of sp³-hybridized carbons (Fsp3) is 0.500. The number of hydrogen-bond acceptors (Lipinski definition) is 4. The molecule has 1 aliphatic carbocycles. The summed E-state index contributed by atoms with van der Waals surface area (Å²) in [4.78, 5) is 9.98. The maximum Gasteiger partial charge on any atom is 0.289 e. The van der Waals surface area contributed by atoms with E-state index in [1.54, 1.807) is 0 Å². The van der Waals surface area contributed by atoms with E-state index in [2.05, 4.69) is 4.72 Å². The number of hydrogen-bond donors (Lipinski definition) is 1. The number of nitrogens with one attached hydrogen (secondary N) is 1. The van der Waals surface area contributed by atoms with Gasteiger partial charge in [-0.3, -0.25) is 10.1 Å². The monoisotopic (exact) mass is 318 g/mol. The molecule has 1 N–H and O–H groups in total. The van der Waals surface area contributed by atoms with E-state index >= 15 is 0 Å². The molecule has 0 spiro atoms. The zero-order chi connectivity index (χ0) is 14.9. The average molecular weight is 319 g/mol. The van der Waals surface area contributed by atoms with Crippen molar-refractivity contribution < 1.29 is 13.3 Å². The Morgan fingerprint density at radius 1 is 1.40 bits per heavy atom. The third-order valence-electron chi connectivity index (χ3n) is 3.59. The van der Waals surface area contributed by atoms with Gasteiger partial charge in [0.1, 0.15) is 5.02 Å². The molecule has 0 saturated heterocycles. The van der Waals surface area contributed by atoms with Gasteiger partial charge in [0.15, 0.2) is 0 Å². The molecule has 0 amide bonds. The first kappa shape index (κ1) is 15.2. The highest BCUT2D eigenvalue weighted by Crippen LogP contribution is 2.29. The van der Waals surface area contributed by atoms with E-state index in [0.29, 0.717) is 0 Å². The lowest BCUT2D eigenvalue weighted by Crippen LogP contribution is -2.36. The number of nitrogens with zero attached hydrogens (tertiary/aromatic N) is 1. The van der Waals surface area contributed by atoms with E-state index in [1.165, 1.54) is 12.1 Å². The molecule has 0 aromatic heterocycles. The highest BCUT2D eigenvalue weighted by atomic mass is 35.5. The summed E-state index contributed by atoms with van der Waals surface area (Å²) in [6.45, 7) is 1.99. The van der Waals surface area contributed by atoms with Gasteiger partial charge in [0.2, 0.25) is 10.0 Å². The van der Waals surface area contributed by atoms with Gasteiger partial charge in [-0.05, 0) is 30.9 Å². The van der Waals surface area contributed by atoms with Crippen LogP contribution < -0.4 is 4.72 Å². The normalized spacial score (nSPS) is 22.9. The molecule has 1 saturated carbocycles. The van der Waals surface area contributed by atoms with Crippen molar-refractivity contribution in [2.45, 2.75) is 37.1 Å². The Morgan fingerprint density at radius 2 is 2.10 bits per heavy atom. The third-order valence-corrected chi connectivity index (χ3v) is 5.40. The van der Waals surface area contributed by atoms with Gasteiger partial charge in [0.25, 0.3) is 5.69 Å². The smallest absolute Gasteiger partial charge is 0.258 e. The Balaban J connectivity index is 2.30. The molecule has 6 nitrogen and oxygen atoms in total. The highest BCUT2D eigenvalue weighted by Gasteiger charge is 2.29. The van der Waals surface area contributed by atoms with Crippen LogP contribution in [0.2, 0.25) is 5.02 Å². The Bertz CT molecular complexity index is 632. The lowest BCUT2D eigenvalue weighted by molar-refractivity contribution is -0.384. The molecule has 1 fully saturated rings. The van der Waals surface area contributed by atoms with E-state index in [0.717, 1.165) is 25.3 Å². The highest BCUT2D eigenvalue weighted by molar-refractivity contribution is 7.89. The standard InChI is InChI=1S/C12H15ClN2O4S/c1-8-3-2-4-11(8)14-20(18,19)9-5-6-10(13)12(7-9)15(16)17/h5-8,11,14H,2-4H2,1H3. The fourth-order valence-electron chi connectivity index (χ4n) is 2.39. The van der Waals surface area contributed by atoms with Gasteiger partial charge in [-0.25, -0.2) is 13.1 Å². The second-order valence-electron chi connectivity index (χ2n) is 5.01. The largest absolute Gasteiger partial charge is 0.289 e. The van der Waals surface area contributed by atoms with Crippen LogP contribution in [0.15, 0.2) is 23.1 Å². The first-order valence-corrected chi connectivity index (χ1v) is 8.13. The molecule has 8 heteroatoms. The van der Waals surface area contributed by atoms with Crippen molar-refractivity contribution in [2.24, 2.45) is 5.92 Å². The van der Waals surface area contributed by atoms with Crippen molar-refractivity contribution in [2.75, 3.05) is 0 Å². The summed E-state index contributed by atoms with van der Waals surface area (Å²) >= 11 is 5.68. The SMILES string of the molecule is CC1CCCC1NS(=O)(=O)c1ccc(Cl)c([N+](=O)[O-])c1. The number of nitro groups is 1. The molecule has 1 aromatic rings. The molecular weight excluding hydrogens is 304 g/mol. The van der Waals surface area contributed by atoms with Crippen LogP contribution in [0.3, 0.4) is 0 Å². The van der Waals surface area contributed by atoms with Crippen LogP contribution in [0.1, 0.15) is 26.2 Å². The number of rotatable bonds is 4. The predicted octanol–water partition coefficient (Wildman–Crippen LogP) is 2.72. The molecule has 2 unspecified atom stereocenters. The summed E-state index contributed by atoms with van der Waals surface area (Å²) in [5, 5.41) is 10.7. The zero-order valence-electron chi connectivity index (χ0n) is 10.9. The van der Waals surface area contributed by atoms with Crippen LogP contribution in [-0.4, -0.2) is 19.4 Å². The van der Waals surface area contributed by atoms with Crippen molar-refractivity contribution in [3.05, 3.63) is 33.3 Å². The minimum atomic E-state index is -3.76. The Labute approximate surface area is 122 Å². The second-order valence-corrected chi connectivity index (χ2v) is 7.13. The van der Waals surface area contributed by atoms with Crippen molar-refractivity contribution in [3.63, 3.8) is 0 Å². The third kappa shape index (κ3) is 3.11. The van der Waals surface area contributed by atoms with Gasteiger partial charge in [0, 0.05) is 12.1 Å². The first-order chi connectivity index (χ1) is 9.31. The zero-order valence-corrected chi connectivity index (χ0v) is 12.4. The Morgan fingerprint density at radius 3 is 2.65 bits per heavy atom. The summed E-state index contributed by atoms with van der Waals surface area (Å²) in [6, 6.07) is 3.38. The summed E-state index contributed by atoms with van der Waals surface area (Å²) in [5.41, 5.74) is -0.408. The first-order valence-electron chi connectivity index (χ1n) is 6.27. The van der Waals surface area contributed by atoms with Gasteiger partial charge in [0.05, 0.1) is 9.82 Å². The lowest BCUT2D eigenvalue weighted by atomic mass is 10.1. The number of sulfonamides is 1. The number of halogens is 1. The minimum absolute atomic E-state index is 0.0804. The summed E-state index contributed by atoms with van der Waals surface area (Å²) in [5.74, 6) is 0.270. The molecule has 1 aromatic carbocycles. The molecule has 2 rings (SSSR count). The molecule has 20 heavy (non-hydrogen) atoms. The van der Waals surface area contributed by atoms with Gasteiger partial charge in [-0.1, -0.05) is 24.9 Å². The van der Waals surface area contributed by atoms with Crippen LogP contribution in [0, 0.1) is 16.0 Å². The molecule has 1 aliphatic rings. The van der Waals surface area contributed by atoms with Gasteiger partial charge < -0.3 is 0 Å². The van der Waals surface area contributed by atoms with E-state index in [1.807, 2.05) is 6.92 Å². The molecule has 110 valence electrons. The average Bonchev–Trinajstić information content (AvgIpc) is 2.74. The van der Waals surface area contributed by atoms with Crippen LogP contribution in [0.5, 0.6) is 0 Å². The number of benzene rings is 1. The maximum absolute atomic E-state index is 12.2. The summed E-state index contributed by atoms with van der Waals surface area (Å²) in [6.07, 6.45) is 2.75. The minimum Gasteiger partial charge on any atom is -0.258 e. The topological polar surface area (TPSA) is 89.3 Å². The van der Waals surface area contributed by atoms with Crippen molar-refractivity contribution in [1.82, 2.24) is 4.72 Å². The molecule has 0 radical (unpaired) electrons. The van der Waals surface area contributed by atoms with E-state index < -0.39 is 20.6 Å². The molecular formula is C12H15ClN2O4S. The van der Waals surface area contributed by atoms with Crippen LogP contribution >= 0.6 is 11.6 Å². The molecule has 0 aliphatic heterocycles. The summed E-state index contributed by atoms with van der Waals surface area (Å²) < 4.78 is 27.1.